The molecule has 114 valence electrons. The van der Waals surface area contributed by atoms with Crippen LogP contribution in [0.25, 0.3) is 0 Å². The molecular weight excluding hydrogens is 252 g/mol. The Kier molecular flexibility index (Phi) is 5.86. The maximum absolute atomic E-state index is 5.15. The van der Waals surface area contributed by atoms with Crippen molar-refractivity contribution in [2.45, 2.75) is 51.2 Å². The van der Waals surface area contributed by atoms with Gasteiger partial charge in [0.15, 0.2) is 0 Å². The molecule has 0 saturated heterocycles. The highest BCUT2D eigenvalue weighted by atomic mass is 16.5. The van der Waals surface area contributed by atoms with Gasteiger partial charge in [0.1, 0.15) is 0 Å². The molecule has 0 spiro atoms. The summed E-state index contributed by atoms with van der Waals surface area (Å²) in [5.41, 5.74) is 0. The molecule has 1 aromatic heterocycles. The largest absolute Gasteiger partial charge is 0.383 e. The fraction of sp³-hybridized carbons (Fsp3) is 0.800. The Morgan fingerprint density at radius 1 is 1.50 bits per heavy atom. The molecule has 0 aliphatic heterocycles. The van der Waals surface area contributed by atoms with E-state index >= 15 is 0 Å². The molecule has 1 atom stereocenters. The van der Waals surface area contributed by atoms with Gasteiger partial charge in [0.2, 0.25) is 5.95 Å². The number of nitrogens with one attached hydrogen (secondary N) is 1. The molecule has 20 heavy (non-hydrogen) atoms. The number of methoxy groups -OCH3 is 1. The Morgan fingerprint density at radius 3 is 2.95 bits per heavy atom. The van der Waals surface area contributed by atoms with Crippen LogP contribution in [0.5, 0.6) is 0 Å². The van der Waals surface area contributed by atoms with E-state index in [9.17, 15) is 0 Å². The summed E-state index contributed by atoms with van der Waals surface area (Å²) in [6, 6.07) is 1.05. The molecule has 5 heteroatoms. The van der Waals surface area contributed by atoms with E-state index in [4.69, 9.17) is 4.74 Å². The first-order chi connectivity index (χ1) is 9.70. The molecule has 1 aliphatic rings. The summed E-state index contributed by atoms with van der Waals surface area (Å²) in [6.45, 7) is 4.85. The first-order valence-electron chi connectivity index (χ1n) is 7.67. The van der Waals surface area contributed by atoms with Gasteiger partial charge < -0.3 is 19.5 Å². The topological polar surface area (TPSA) is 42.3 Å². The van der Waals surface area contributed by atoms with Gasteiger partial charge in [0.25, 0.3) is 0 Å². The zero-order valence-corrected chi connectivity index (χ0v) is 13.0. The van der Waals surface area contributed by atoms with Gasteiger partial charge in [0, 0.05) is 44.7 Å². The van der Waals surface area contributed by atoms with Crippen molar-refractivity contribution in [2.75, 3.05) is 32.6 Å². The van der Waals surface area contributed by atoms with Gasteiger partial charge in [-0.1, -0.05) is 12.8 Å². The smallest absolute Gasteiger partial charge is 0.203 e. The molecule has 1 aliphatic carbocycles. The first kappa shape index (κ1) is 15.3. The molecule has 1 unspecified atom stereocenters. The molecule has 5 nitrogen and oxygen atoms in total. The van der Waals surface area contributed by atoms with Crippen LogP contribution < -0.4 is 5.32 Å². The molecule has 1 heterocycles. The zero-order valence-electron chi connectivity index (χ0n) is 13.0. The van der Waals surface area contributed by atoms with E-state index < -0.39 is 0 Å². The van der Waals surface area contributed by atoms with Gasteiger partial charge in [-0.15, -0.1) is 0 Å². The molecule has 0 radical (unpaired) electrons. The van der Waals surface area contributed by atoms with Gasteiger partial charge in [-0.25, -0.2) is 4.98 Å². The monoisotopic (exact) mass is 280 g/mol. The van der Waals surface area contributed by atoms with Crippen molar-refractivity contribution in [1.82, 2.24) is 14.5 Å². The Balaban J connectivity index is 1.82. The van der Waals surface area contributed by atoms with Crippen molar-refractivity contribution in [3.05, 3.63) is 12.4 Å². The average Bonchev–Trinajstić information content (AvgIpc) is 3.07. The van der Waals surface area contributed by atoms with Crippen molar-refractivity contribution >= 4 is 5.95 Å². The van der Waals surface area contributed by atoms with Crippen molar-refractivity contribution in [3.63, 3.8) is 0 Å². The number of ether oxygens (including phenoxy) is 1. The van der Waals surface area contributed by atoms with Crippen LogP contribution in [0.2, 0.25) is 0 Å². The summed E-state index contributed by atoms with van der Waals surface area (Å²) >= 11 is 0. The average molecular weight is 280 g/mol. The normalized spacial score (nSPS) is 17.8. The maximum atomic E-state index is 5.15. The van der Waals surface area contributed by atoms with Gasteiger partial charge in [-0.2, -0.15) is 0 Å². The SMILES string of the molecule is COCC(C)Nc1nccn1CCN(C)C1CCCC1. The number of likely N-dealkylation sites (N-methyl/N-ethyl adjacent to an activating group) is 1. The van der Waals surface area contributed by atoms with Crippen molar-refractivity contribution in [3.8, 4) is 0 Å². The van der Waals surface area contributed by atoms with Crippen LogP contribution in [0.1, 0.15) is 32.6 Å². The van der Waals surface area contributed by atoms with Crippen LogP contribution in [0.4, 0.5) is 5.95 Å². The van der Waals surface area contributed by atoms with E-state index in [1.165, 1.54) is 25.7 Å². The van der Waals surface area contributed by atoms with Gasteiger partial charge in [-0.05, 0) is 26.8 Å². The number of imidazole rings is 1. The number of nitrogens with zero attached hydrogens (tertiary/aromatic N) is 3. The quantitative estimate of drug-likeness (QED) is 0.793. The molecule has 1 saturated carbocycles. The molecule has 0 amide bonds. The predicted octanol–water partition coefficient (Wildman–Crippen LogP) is 2.20. The summed E-state index contributed by atoms with van der Waals surface area (Å²) < 4.78 is 7.34. The first-order valence-corrected chi connectivity index (χ1v) is 7.67. The molecule has 1 fully saturated rings. The van der Waals surface area contributed by atoms with E-state index in [1.807, 2.05) is 12.4 Å². The van der Waals surface area contributed by atoms with Crippen LogP contribution in [0.3, 0.4) is 0 Å². The van der Waals surface area contributed by atoms with Crippen LogP contribution in [-0.2, 0) is 11.3 Å². The van der Waals surface area contributed by atoms with Crippen molar-refractivity contribution < 1.29 is 4.74 Å². The number of anilines is 1. The number of aromatic nitrogens is 2. The third kappa shape index (κ3) is 4.21. The summed E-state index contributed by atoms with van der Waals surface area (Å²) in [5.74, 6) is 0.939. The second kappa shape index (κ2) is 7.64. The number of hydrogen-bond donors (Lipinski definition) is 1. The number of hydrogen-bond acceptors (Lipinski definition) is 4. The summed E-state index contributed by atoms with van der Waals surface area (Å²) in [7, 11) is 3.97. The molecule has 0 aromatic carbocycles. The Bertz CT molecular complexity index is 387. The Hall–Kier alpha value is -1.07. The fourth-order valence-corrected chi connectivity index (χ4v) is 2.93. The van der Waals surface area contributed by atoms with Crippen molar-refractivity contribution in [1.29, 1.82) is 0 Å². The highest BCUT2D eigenvalue weighted by molar-refractivity contribution is 5.27. The molecule has 0 bridgehead atoms. The second-order valence-electron chi connectivity index (χ2n) is 5.86. The molecule has 1 N–H and O–H groups in total. The van der Waals surface area contributed by atoms with E-state index in [1.54, 1.807) is 7.11 Å². The third-order valence-electron chi connectivity index (χ3n) is 4.15. The standard InChI is InChI=1S/C15H28N4O/c1-13(12-20-3)17-15-16-8-9-19(15)11-10-18(2)14-6-4-5-7-14/h8-9,13-14H,4-7,10-12H2,1-3H3,(H,16,17). The predicted molar refractivity (Wildman–Crippen MR) is 82.1 cm³/mol. The van der Waals surface area contributed by atoms with Crippen LogP contribution in [0.15, 0.2) is 12.4 Å². The Morgan fingerprint density at radius 2 is 2.25 bits per heavy atom. The summed E-state index contributed by atoms with van der Waals surface area (Å²) in [6.07, 6.45) is 9.40. The minimum absolute atomic E-state index is 0.272. The lowest BCUT2D eigenvalue weighted by Crippen LogP contribution is -2.32. The summed E-state index contributed by atoms with van der Waals surface area (Å²) in [5, 5.41) is 3.39. The van der Waals surface area contributed by atoms with Gasteiger partial charge in [-0.3, -0.25) is 0 Å². The maximum Gasteiger partial charge on any atom is 0.203 e. The molecular formula is C15H28N4O. The van der Waals surface area contributed by atoms with Gasteiger partial charge >= 0.3 is 0 Å². The third-order valence-corrected chi connectivity index (χ3v) is 4.15. The highest BCUT2D eigenvalue weighted by Crippen LogP contribution is 2.22. The minimum atomic E-state index is 0.272. The van der Waals surface area contributed by atoms with E-state index in [2.05, 4.69) is 33.7 Å². The second-order valence-corrected chi connectivity index (χ2v) is 5.86. The summed E-state index contributed by atoms with van der Waals surface area (Å²) in [4.78, 5) is 6.89. The van der Waals surface area contributed by atoms with Crippen molar-refractivity contribution in [2.24, 2.45) is 0 Å². The highest BCUT2D eigenvalue weighted by Gasteiger charge is 2.19. The molecule has 2 rings (SSSR count). The minimum Gasteiger partial charge on any atom is -0.383 e. The lowest BCUT2D eigenvalue weighted by atomic mass is 10.2. The zero-order chi connectivity index (χ0) is 14.4. The van der Waals surface area contributed by atoms with Crippen LogP contribution in [0, 0.1) is 0 Å². The van der Waals surface area contributed by atoms with Gasteiger partial charge in [0.05, 0.1) is 6.61 Å². The molecule has 1 aromatic rings. The number of rotatable bonds is 8. The fourth-order valence-electron chi connectivity index (χ4n) is 2.93. The van der Waals surface area contributed by atoms with E-state index in [0.29, 0.717) is 6.61 Å². The van der Waals surface area contributed by atoms with E-state index in [0.717, 1.165) is 25.1 Å². The Labute approximate surface area is 122 Å². The lowest BCUT2D eigenvalue weighted by molar-refractivity contribution is 0.190. The van der Waals surface area contributed by atoms with Crippen LogP contribution in [-0.4, -0.2) is 53.8 Å². The lowest BCUT2D eigenvalue weighted by Gasteiger charge is -2.24. The van der Waals surface area contributed by atoms with E-state index in [-0.39, 0.29) is 6.04 Å². The van der Waals surface area contributed by atoms with Crippen LogP contribution >= 0.6 is 0 Å².